The number of aromatic nitrogens is 2. The van der Waals surface area contributed by atoms with Gasteiger partial charge in [0.05, 0.1) is 5.38 Å². The van der Waals surface area contributed by atoms with Crippen LogP contribution in [0, 0.1) is 0 Å². The third kappa shape index (κ3) is 2.49. The lowest BCUT2D eigenvalue weighted by molar-refractivity contribution is 0.986. The molecule has 0 saturated heterocycles. The molecule has 1 aromatic carbocycles. The largest absolute Gasteiger partial charge is 0.330 e. The molecule has 1 aliphatic carbocycles. The predicted molar refractivity (Wildman–Crippen MR) is 75.9 cm³/mol. The molecule has 1 heterocycles. The van der Waals surface area contributed by atoms with Gasteiger partial charge >= 0.3 is 0 Å². The number of hydrogen-bond acceptors (Lipinski definition) is 4. The Bertz CT molecular complexity index is 549. The lowest BCUT2D eigenvalue weighted by Gasteiger charge is -2.10. The van der Waals surface area contributed by atoms with E-state index in [1.54, 1.807) is 0 Å². The van der Waals surface area contributed by atoms with Crippen LogP contribution in [0.25, 0.3) is 0 Å². The second kappa shape index (κ2) is 4.86. The zero-order valence-corrected chi connectivity index (χ0v) is 11.6. The molecule has 3 nitrogen and oxygen atoms in total. The van der Waals surface area contributed by atoms with Gasteiger partial charge in [-0.05, 0) is 31.4 Å². The summed E-state index contributed by atoms with van der Waals surface area (Å²) in [5.74, 6) is 1.58. The minimum atomic E-state index is -0.0236. The van der Waals surface area contributed by atoms with Crippen LogP contribution >= 0.6 is 23.1 Å². The van der Waals surface area contributed by atoms with Crippen LogP contribution in [-0.4, -0.2) is 9.36 Å². The van der Waals surface area contributed by atoms with Crippen LogP contribution in [0.15, 0.2) is 24.3 Å². The molecule has 3 rings (SSSR count). The van der Waals surface area contributed by atoms with E-state index in [-0.39, 0.29) is 5.38 Å². The number of halogens is 1. The minimum absolute atomic E-state index is 0.0236. The quantitative estimate of drug-likeness (QED) is 0.840. The monoisotopic (exact) mass is 279 g/mol. The highest BCUT2D eigenvalue weighted by Gasteiger charge is 2.27. The van der Waals surface area contributed by atoms with Crippen LogP contribution < -0.4 is 5.32 Å². The first-order valence-corrected chi connectivity index (χ1v) is 7.28. The van der Waals surface area contributed by atoms with Gasteiger partial charge in [-0.2, -0.15) is 4.37 Å². The lowest BCUT2D eigenvalue weighted by Crippen LogP contribution is -1.96. The molecule has 1 N–H and O–H groups in total. The second-order valence-electron chi connectivity index (χ2n) is 4.56. The molecule has 1 aromatic heterocycles. The number of anilines is 2. The highest BCUT2D eigenvalue weighted by molar-refractivity contribution is 7.09. The van der Waals surface area contributed by atoms with Gasteiger partial charge in [0, 0.05) is 23.1 Å². The fourth-order valence-corrected chi connectivity index (χ4v) is 2.72. The number of benzene rings is 1. The summed E-state index contributed by atoms with van der Waals surface area (Å²) >= 11 is 7.59. The van der Waals surface area contributed by atoms with Gasteiger partial charge in [0.2, 0.25) is 5.13 Å². The van der Waals surface area contributed by atoms with Crippen LogP contribution in [0.5, 0.6) is 0 Å². The van der Waals surface area contributed by atoms with Crippen LogP contribution in [0.3, 0.4) is 0 Å². The lowest BCUT2D eigenvalue weighted by atomic mass is 10.1. The molecule has 18 heavy (non-hydrogen) atoms. The number of nitrogens with zero attached hydrogens (tertiary/aromatic N) is 2. The highest BCUT2D eigenvalue weighted by Crippen LogP contribution is 2.39. The van der Waals surface area contributed by atoms with E-state index in [0.717, 1.165) is 22.2 Å². The molecule has 2 aromatic rings. The van der Waals surface area contributed by atoms with Crippen LogP contribution in [0.1, 0.15) is 42.4 Å². The van der Waals surface area contributed by atoms with Gasteiger partial charge in [0.25, 0.3) is 0 Å². The van der Waals surface area contributed by atoms with Gasteiger partial charge in [-0.25, -0.2) is 4.98 Å². The molecule has 0 bridgehead atoms. The number of rotatable bonds is 4. The highest BCUT2D eigenvalue weighted by atomic mass is 35.5. The molecule has 1 unspecified atom stereocenters. The van der Waals surface area contributed by atoms with Crippen molar-refractivity contribution < 1.29 is 0 Å². The average Bonchev–Trinajstić information content (AvgIpc) is 3.11. The predicted octanol–water partition coefficient (Wildman–Crippen LogP) is 4.46. The van der Waals surface area contributed by atoms with Gasteiger partial charge in [0.15, 0.2) is 0 Å². The van der Waals surface area contributed by atoms with Crippen LogP contribution in [0.4, 0.5) is 10.8 Å². The van der Waals surface area contributed by atoms with E-state index in [0.29, 0.717) is 5.92 Å². The summed E-state index contributed by atoms with van der Waals surface area (Å²) in [4.78, 5) is 4.52. The third-order valence-corrected chi connectivity index (χ3v) is 3.89. The van der Waals surface area contributed by atoms with Gasteiger partial charge in [0.1, 0.15) is 5.82 Å². The van der Waals surface area contributed by atoms with Gasteiger partial charge in [-0.15, -0.1) is 11.6 Å². The Kier molecular flexibility index (Phi) is 3.22. The summed E-state index contributed by atoms with van der Waals surface area (Å²) in [7, 11) is 0. The maximum absolute atomic E-state index is 6.17. The summed E-state index contributed by atoms with van der Waals surface area (Å²) in [5.41, 5.74) is 2.10. The molecule has 1 atom stereocenters. The van der Waals surface area contributed by atoms with E-state index in [1.807, 2.05) is 31.2 Å². The Morgan fingerprint density at radius 2 is 2.17 bits per heavy atom. The molecule has 5 heteroatoms. The standard InChI is InChI=1S/C13H14ClN3S/c1-8(14)10-4-2-3-5-11(10)15-13-16-12(17-18-13)9-6-7-9/h2-5,8-9H,6-7H2,1H3,(H,15,16,17). The Labute approximate surface area is 115 Å². The Morgan fingerprint density at radius 3 is 2.89 bits per heavy atom. The van der Waals surface area contributed by atoms with Crippen molar-refractivity contribution in [1.82, 2.24) is 9.36 Å². The van der Waals surface area contributed by atoms with Gasteiger partial charge < -0.3 is 5.32 Å². The van der Waals surface area contributed by atoms with Crippen molar-refractivity contribution in [3.63, 3.8) is 0 Å². The van der Waals surface area contributed by atoms with Crippen LogP contribution in [0.2, 0.25) is 0 Å². The van der Waals surface area contributed by atoms with Crippen molar-refractivity contribution in [2.24, 2.45) is 0 Å². The van der Waals surface area contributed by atoms with E-state index < -0.39 is 0 Å². The number of alkyl halides is 1. The molecule has 0 radical (unpaired) electrons. The normalized spacial score (nSPS) is 16.6. The zero-order chi connectivity index (χ0) is 12.5. The van der Waals surface area contributed by atoms with E-state index >= 15 is 0 Å². The SMILES string of the molecule is CC(Cl)c1ccccc1Nc1nc(C2CC2)ns1. The van der Waals surface area contributed by atoms with E-state index in [9.17, 15) is 0 Å². The Morgan fingerprint density at radius 1 is 1.39 bits per heavy atom. The molecule has 1 fully saturated rings. The summed E-state index contributed by atoms with van der Waals surface area (Å²) in [6.45, 7) is 1.97. The number of nitrogens with one attached hydrogen (secondary N) is 1. The van der Waals surface area contributed by atoms with Crippen molar-refractivity contribution in [2.45, 2.75) is 31.1 Å². The third-order valence-electron chi connectivity index (χ3n) is 3.02. The van der Waals surface area contributed by atoms with Crippen molar-refractivity contribution in [2.75, 3.05) is 5.32 Å². The van der Waals surface area contributed by atoms with E-state index in [4.69, 9.17) is 11.6 Å². The van der Waals surface area contributed by atoms with E-state index in [1.165, 1.54) is 24.4 Å². The Balaban J connectivity index is 1.82. The summed E-state index contributed by atoms with van der Waals surface area (Å²) in [5, 5.41) is 4.14. The average molecular weight is 280 g/mol. The molecular weight excluding hydrogens is 266 g/mol. The molecule has 0 spiro atoms. The fraction of sp³-hybridized carbons (Fsp3) is 0.385. The Hall–Kier alpha value is -1.13. The second-order valence-corrected chi connectivity index (χ2v) is 5.97. The number of hydrogen-bond donors (Lipinski definition) is 1. The van der Waals surface area contributed by atoms with Gasteiger partial charge in [-0.1, -0.05) is 18.2 Å². The molecule has 1 saturated carbocycles. The maximum atomic E-state index is 6.17. The van der Waals surface area contributed by atoms with E-state index in [2.05, 4.69) is 14.7 Å². The molecule has 1 aliphatic rings. The maximum Gasteiger partial charge on any atom is 0.207 e. The first-order chi connectivity index (χ1) is 8.74. The summed E-state index contributed by atoms with van der Waals surface area (Å²) < 4.78 is 4.38. The molecule has 0 aliphatic heterocycles. The van der Waals surface area contributed by atoms with Crippen molar-refractivity contribution in [3.05, 3.63) is 35.7 Å². The fourth-order valence-electron chi connectivity index (χ4n) is 1.87. The molecule has 0 amide bonds. The van der Waals surface area contributed by atoms with Gasteiger partial charge in [-0.3, -0.25) is 0 Å². The summed E-state index contributed by atoms with van der Waals surface area (Å²) in [6, 6.07) is 8.04. The summed E-state index contributed by atoms with van der Waals surface area (Å²) in [6.07, 6.45) is 2.46. The zero-order valence-electron chi connectivity index (χ0n) is 10.1. The minimum Gasteiger partial charge on any atom is -0.330 e. The first kappa shape index (κ1) is 11.9. The van der Waals surface area contributed by atoms with Crippen LogP contribution in [-0.2, 0) is 0 Å². The molecular formula is C13H14ClN3S. The number of para-hydroxylation sites is 1. The topological polar surface area (TPSA) is 37.8 Å². The van der Waals surface area contributed by atoms with Crippen molar-refractivity contribution in [3.8, 4) is 0 Å². The van der Waals surface area contributed by atoms with Crippen molar-refractivity contribution >= 4 is 34.0 Å². The first-order valence-electron chi connectivity index (χ1n) is 6.07. The smallest absolute Gasteiger partial charge is 0.207 e. The molecule has 94 valence electrons. The van der Waals surface area contributed by atoms with Crippen molar-refractivity contribution in [1.29, 1.82) is 0 Å².